The van der Waals surface area contributed by atoms with Crippen LogP contribution in [0.5, 0.6) is 0 Å². The van der Waals surface area contributed by atoms with Gasteiger partial charge in [0.15, 0.2) is 4.47 Å². The minimum absolute atomic E-state index is 0.0408. The highest BCUT2D eigenvalue weighted by Crippen LogP contribution is 2.43. The third-order valence-corrected chi connectivity index (χ3v) is 6.97. The van der Waals surface area contributed by atoms with E-state index in [1.807, 2.05) is 41.8 Å². The first-order valence-corrected chi connectivity index (χ1v) is 10.4. The summed E-state index contributed by atoms with van der Waals surface area (Å²) in [6.07, 6.45) is 0. The SMILES string of the molecule is CC(=O)N1CC2CN(C(=O)c3nc(Cl)sc3C(C)C)CC2c2ccccc21. The summed E-state index contributed by atoms with van der Waals surface area (Å²) >= 11 is 7.48. The zero-order chi connectivity index (χ0) is 19.3. The summed E-state index contributed by atoms with van der Waals surface area (Å²) in [7, 11) is 0. The van der Waals surface area contributed by atoms with E-state index in [0.29, 0.717) is 29.8 Å². The number of benzene rings is 1. The van der Waals surface area contributed by atoms with Gasteiger partial charge in [0.25, 0.3) is 5.91 Å². The number of carbonyl (C=O) groups is 2. The second-order valence-electron chi connectivity index (χ2n) is 7.60. The van der Waals surface area contributed by atoms with E-state index >= 15 is 0 Å². The molecule has 2 aliphatic rings. The molecule has 5 nitrogen and oxygen atoms in total. The highest BCUT2D eigenvalue weighted by atomic mass is 35.5. The van der Waals surface area contributed by atoms with Crippen LogP contribution in [0.3, 0.4) is 0 Å². The molecule has 2 aromatic rings. The number of rotatable bonds is 2. The molecule has 27 heavy (non-hydrogen) atoms. The van der Waals surface area contributed by atoms with Gasteiger partial charge in [-0.2, -0.15) is 0 Å². The summed E-state index contributed by atoms with van der Waals surface area (Å²) in [6.45, 7) is 7.63. The average molecular weight is 404 g/mol. The van der Waals surface area contributed by atoms with Crippen LogP contribution >= 0.6 is 22.9 Å². The van der Waals surface area contributed by atoms with Crippen molar-refractivity contribution in [2.24, 2.45) is 5.92 Å². The van der Waals surface area contributed by atoms with Crippen molar-refractivity contribution in [3.8, 4) is 0 Å². The third-order valence-electron chi connectivity index (χ3n) is 5.51. The fourth-order valence-corrected chi connectivity index (χ4v) is 5.37. The van der Waals surface area contributed by atoms with Gasteiger partial charge in [-0.15, -0.1) is 11.3 Å². The number of nitrogens with zero attached hydrogens (tertiary/aromatic N) is 3. The number of thiazole rings is 1. The standard InChI is InChI=1S/C20H22ClN3O2S/c1-11(2)18-17(22-20(21)27-18)19(26)23-8-13-9-24(12(3)25)16-7-5-4-6-14(16)15(13)10-23/h4-7,11,13,15H,8-10H2,1-3H3. The molecule has 142 valence electrons. The monoisotopic (exact) mass is 403 g/mol. The number of likely N-dealkylation sites (tertiary alicyclic amines) is 1. The Hall–Kier alpha value is -1.92. The largest absolute Gasteiger partial charge is 0.336 e. The Labute approximate surface area is 167 Å². The molecule has 0 bridgehead atoms. The minimum atomic E-state index is -0.0527. The van der Waals surface area contributed by atoms with E-state index in [0.717, 1.165) is 16.1 Å². The molecule has 2 unspecified atom stereocenters. The van der Waals surface area contributed by atoms with Gasteiger partial charge in [-0.05, 0) is 17.5 Å². The van der Waals surface area contributed by atoms with Gasteiger partial charge in [0.1, 0.15) is 5.69 Å². The number of amides is 2. The molecule has 1 aromatic carbocycles. The second-order valence-corrected chi connectivity index (χ2v) is 9.21. The molecule has 0 saturated carbocycles. The lowest BCUT2D eigenvalue weighted by Crippen LogP contribution is -2.40. The van der Waals surface area contributed by atoms with Crippen molar-refractivity contribution in [3.05, 3.63) is 44.9 Å². The summed E-state index contributed by atoms with van der Waals surface area (Å²) in [5, 5.41) is 0. The summed E-state index contributed by atoms with van der Waals surface area (Å²) in [4.78, 5) is 34.3. The molecule has 0 radical (unpaired) electrons. The van der Waals surface area contributed by atoms with E-state index in [2.05, 4.69) is 11.1 Å². The van der Waals surface area contributed by atoms with Crippen molar-refractivity contribution in [2.45, 2.75) is 32.6 Å². The van der Waals surface area contributed by atoms with E-state index < -0.39 is 0 Å². The number of halogens is 1. The normalized spacial score (nSPS) is 21.4. The lowest BCUT2D eigenvalue weighted by molar-refractivity contribution is -0.116. The van der Waals surface area contributed by atoms with E-state index in [1.165, 1.54) is 11.3 Å². The van der Waals surface area contributed by atoms with E-state index in [1.54, 1.807) is 6.92 Å². The van der Waals surface area contributed by atoms with Crippen molar-refractivity contribution >= 4 is 40.4 Å². The molecule has 0 spiro atoms. The predicted molar refractivity (Wildman–Crippen MR) is 108 cm³/mol. The minimum Gasteiger partial charge on any atom is -0.336 e. The van der Waals surface area contributed by atoms with Crippen LogP contribution in [0.2, 0.25) is 4.47 Å². The molecular formula is C20H22ClN3O2S. The first-order chi connectivity index (χ1) is 12.9. The topological polar surface area (TPSA) is 53.5 Å². The molecule has 0 N–H and O–H groups in total. The Kier molecular flexibility index (Phi) is 4.72. The smallest absolute Gasteiger partial charge is 0.273 e. The number of hydrogen-bond donors (Lipinski definition) is 0. The van der Waals surface area contributed by atoms with Crippen molar-refractivity contribution < 1.29 is 9.59 Å². The van der Waals surface area contributed by atoms with Crippen LogP contribution in [0.1, 0.15) is 53.5 Å². The van der Waals surface area contributed by atoms with Crippen molar-refractivity contribution in [2.75, 3.05) is 24.5 Å². The van der Waals surface area contributed by atoms with Gasteiger partial charge < -0.3 is 9.80 Å². The molecular weight excluding hydrogens is 382 g/mol. The first kappa shape index (κ1) is 18.4. The van der Waals surface area contributed by atoms with Gasteiger partial charge in [-0.25, -0.2) is 4.98 Å². The molecule has 2 atom stereocenters. The molecule has 7 heteroatoms. The maximum absolute atomic E-state index is 13.2. The Bertz CT molecular complexity index is 910. The van der Waals surface area contributed by atoms with Crippen LogP contribution in [0.4, 0.5) is 5.69 Å². The molecule has 1 fully saturated rings. The van der Waals surface area contributed by atoms with Crippen LogP contribution < -0.4 is 4.90 Å². The van der Waals surface area contributed by atoms with Crippen molar-refractivity contribution in [1.82, 2.24) is 9.88 Å². The number of fused-ring (bicyclic) bond motifs is 3. The van der Waals surface area contributed by atoms with Gasteiger partial charge in [0, 0.05) is 49.0 Å². The maximum Gasteiger partial charge on any atom is 0.273 e. The van der Waals surface area contributed by atoms with Crippen LogP contribution in [0.15, 0.2) is 24.3 Å². The van der Waals surface area contributed by atoms with E-state index in [9.17, 15) is 9.59 Å². The predicted octanol–water partition coefficient (Wildman–Crippen LogP) is 4.14. The Morgan fingerprint density at radius 1 is 1.22 bits per heavy atom. The van der Waals surface area contributed by atoms with Crippen LogP contribution in [0.25, 0.3) is 0 Å². The van der Waals surface area contributed by atoms with Crippen molar-refractivity contribution in [3.63, 3.8) is 0 Å². The second kappa shape index (κ2) is 6.91. The first-order valence-electron chi connectivity index (χ1n) is 9.19. The van der Waals surface area contributed by atoms with Crippen molar-refractivity contribution in [1.29, 1.82) is 0 Å². The lowest BCUT2D eigenvalue weighted by atomic mass is 9.84. The molecule has 3 heterocycles. The van der Waals surface area contributed by atoms with Gasteiger partial charge in [0.2, 0.25) is 5.91 Å². The van der Waals surface area contributed by atoms with E-state index in [4.69, 9.17) is 11.6 Å². The number of aromatic nitrogens is 1. The highest BCUT2D eigenvalue weighted by Gasteiger charge is 2.43. The summed E-state index contributed by atoms with van der Waals surface area (Å²) in [6, 6.07) is 8.03. The zero-order valence-corrected chi connectivity index (χ0v) is 17.2. The fourth-order valence-electron chi connectivity index (χ4n) is 4.25. The summed E-state index contributed by atoms with van der Waals surface area (Å²) in [5.74, 6) is 0.677. The molecule has 0 aliphatic carbocycles. The lowest BCUT2D eigenvalue weighted by Gasteiger charge is -2.35. The zero-order valence-electron chi connectivity index (χ0n) is 15.6. The fraction of sp³-hybridized carbons (Fsp3) is 0.450. The molecule has 2 aliphatic heterocycles. The van der Waals surface area contributed by atoms with Gasteiger partial charge in [-0.3, -0.25) is 9.59 Å². The Balaban J connectivity index is 1.64. The van der Waals surface area contributed by atoms with Gasteiger partial charge in [-0.1, -0.05) is 43.6 Å². The molecule has 2 amide bonds. The molecule has 1 saturated heterocycles. The maximum atomic E-state index is 13.2. The Morgan fingerprint density at radius 2 is 1.96 bits per heavy atom. The van der Waals surface area contributed by atoms with Gasteiger partial charge in [0.05, 0.1) is 0 Å². The molecule has 4 rings (SSSR count). The Morgan fingerprint density at radius 3 is 2.67 bits per heavy atom. The van der Waals surface area contributed by atoms with Crippen LogP contribution in [0, 0.1) is 5.92 Å². The molecule has 1 aromatic heterocycles. The number of hydrogen-bond acceptors (Lipinski definition) is 4. The van der Waals surface area contributed by atoms with Crippen LogP contribution in [-0.2, 0) is 4.79 Å². The van der Waals surface area contributed by atoms with Gasteiger partial charge >= 0.3 is 0 Å². The number of para-hydroxylation sites is 1. The highest BCUT2D eigenvalue weighted by molar-refractivity contribution is 7.16. The third kappa shape index (κ3) is 3.15. The summed E-state index contributed by atoms with van der Waals surface area (Å²) in [5.41, 5.74) is 2.61. The quantitative estimate of drug-likeness (QED) is 0.757. The number of anilines is 1. The van der Waals surface area contributed by atoms with Crippen LogP contribution in [-0.4, -0.2) is 41.3 Å². The summed E-state index contributed by atoms with van der Waals surface area (Å²) < 4.78 is 0.409. The average Bonchev–Trinajstić information content (AvgIpc) is 3.24. The van der Waals surface area contributed by atoms with E-state index in [-0.39, 0.29) is 29.6 Å². The number of carbonyl (C=O) groups excluding carboxylic acids is 2.